The normalized spacial score (nSPS) is 12.2. The van der Waals surface area contributed by atoms with E-state index in [4.69, 9.17) is 4.74 Å². The molecule has 0 saturated carbocycles. The highest BCUT2D eigenvalue weighted by Gasteiger charge is 2.23. The number of phenols is 2. The van der Waals surface area contributed by atoms with Crippen LogP contribution in [0.2, 0.25) is 0 Å². The third-order valence-electron chi connectivity index (χ3n) is 3.81. The van der Waals surface area contributed by atoms with Crippen molar-refractivity contribution >= 4 is 0 Å². The molecule has 0 fully saturated rings. The van der Waals surface area contributed by atoms with Gasteiger partial charge >= 0.3 is 0 Å². The fraction of sp³-hybridized carbons (Fsp3) is 0.176. The molecule has 0 bridgehead atoms. The quantitative estimate of drug-likeness (QED) is 0.817. The van der Waals surface area contributed by atoms with E-state index in [0.29, 0.717) is 18.8 Å². The second-order valence-electron chi connectivity index (χ2n) is 4.96. The lowest BCUT2D eigenvalue weighted by molar-refractivity contribution is 0.295. The summed E-state index contributed by atoms with van der Waals surface area (Å²) in [6, 6.07) is 7.13. The molecule has 2 aromatic rings. The third kappa shape index (κ3) is 1.74. The standard InChI is InChI=1S/C17H16O3/c1-3-4-13-16(19)8-6-12-11-5-7-15(18)10(2)14(11)9-20-17(12)13/h3,5-8,18-19H,1,4,9H2,2H3. The first-order chi connectivity index (χ1) is 9.63. The van der Waals surface area contributed by atoms with Crippen LogP contribution in [0.25, 0.3) is 11.1 Å². The predicted molar refractivity (Wildman–Crippen MR) is 78.2 cm³/mol. The Balaban J connectivity index is 2.26. The Bertz CT molecular complexity index is 702. The van der Waals surface area contributed by atoms with Crippen LogP contribution >= 0.6 is 0 Å². The Morgan fingerprint density at radius 3 is 2.60 bits per heavy atom. The van der Waals surface area contributed by atoms with Crippen molar-refractivity contribution in [3.63, 3.8) is 0 Å². The van der Waals surface area contributed by atoms with Crippen molar-refractivity contribution in [2.24, 2.45) is 0 Å². The average molecular weight is 268 g/mol. The molecule has 2 N–H and O–H groups in total. The molecule has 1 aliphatic heterocycles. The summed E-state index contributed by atoms with van der Waals surface area (Å²) in [5.41, 5.74) is 4.59. The molecule has 102 valence electrons. The summed E-state index contributed by atoms with van der Waals surface area (Å²) in [5, 5.41) is 19.8. The van der Waals surface area contributed by atoms with Gasteiger partial charge in [-0.2, -0.15) is 0 Å². The van der Waals surface area contributed by atoms with E-state index < -0.39 is 0 Å². The summed E-state index contributed by atoms with van der Waals surface area (Å²) in [4.78, 5) is 0. The number of rotatable bonds is 2. The molecular weight excluding hydrogens is 252 g/mol. The van der Waals surface area contributed by atoms with Crippen molar-refractivity contribution in [2.45, 2.75) is 20.0 Å². The van der Waals surface area contributed by atoms with E-state index in [-0.39, 0.29) is 11.5 Å². The minimum Gasteiger partial charge on any atom is -0.508 e. The number of ether oxygens (including phenoxy) is 1. The molecule has 2 aromatic carbocycles. The van der Waals surface area contributed by atoms with Crippen LogP contribution in [0.5, 0.6) is 17.2 Å². The molecule has 3 heteroatoms. The monoisotopic (exact) mass is 268 g/mol. The number of hydrogen-bond acceptors (Lipinski definition) is 3. The molecular formula is C17H16O3. The SMILES string of the molecule is C=CCc1c(O)ccc2c1OCc1c-2ccc(O)c1C. The van der Waals surface area contributed by atoms with Crippen LogP contribution in [0.15, 0.2) is 36.9 Å². The summed E-state index contributed by atoms with van der Waals surface area (Å²) in [6.07, 6.45) is 2.30. The Kier molecular flexibility index (Phi) is 2.90. The first kappa shape index (κ1) is 12.6. The number of fused-ring (bicyclic) bond motifs is 3. The Hall–Kier alpha value is -2.42. The predicted octanol–water partition coefficient (Wildman–Crippen LogP) is 3.69. The molecule has 0 spiro atoms. The fourth-order valence-electron chi connectivity index (χ4n) is 2.66. The van der Waals surface area contributed by atoms with Gasteiger partial charge in [0.2, 0.25) is 0 Å². The largest absolute Gasteiger partial charge is 0.508 e. The van der Waals surface area contributed by atoms with Gasteiger partial charge in [-0.15, -0.1) is 6.58 Å². The highest BCUT2D eigenvalue weighted by Crippen LogP contribution is 2.45. The van der Waals surface area contributed by atoms with Crippen molar-refractivity contribution < 1.29 is 14.9 Å². The first-order valence-corrected chi connectivity index (χ1v) is 6.53. The minimum absolute atomic E-state index is 0.225. The number of allylic oxidation sites excluding steroid dienone is 1. The van der Waals surface area contributed by atoms with E-state index in [2.05, 4.69) is 6.58 Å². The molecule has 0 unspecified atom stereocenters. The zero-order valence-electron chi connectivity index (χ0n) is 11.3. The van der Waals surface area contributed by atoms with Gasteiger partial charge < -0.3 is 14.9 Å². The molecule has 0 amide bonds. The number of aromatic hydroxyl groups is 2. The van der Waals surface area contributed by atoms with E-state index in [9.17, 15) is 10.2 Å². The van der Waals surface area contributed by atoms with E-state index >= 15 is 0 Å². The molecule has 0 atom stereocenters. The lowest BCUT2D eigenvalue weighted by Crippen LogP contribution is -2.09. The van der Waals surface area contributed by atoms with Crippen LogP contribution in [0.3, 0.4) is 0 Å². The van der Waals surface area contributed by atoms with Crippen LogP contribution in [0, 0.1) is 6.92 Å². The van der Waals surface area contributed by atoms with Crippen molar-refractivity contribution in [2.75, 3.05) is 0 Å². The van der Waals surface area contributed by atoms with E-state index in [1.807, 2.05) is 19.1 Å². The highest BCUT2D eigenvalue weighted by molar-refractivity contribution is 5.79. The molecule has 3 rings (SSSR count). The smallest absolute Gasteiger partial charge is 0.134 e. The Labute approximate surface area is 117 Å². The molecule has 1 aliphatic rings. The van der Waals surface area contributed by atoms with Crippen LogP contribution in [0.4, 0.5) is 0 Å². The number of benzene rings is 2. The summed E-state index contributed by atoms with van der Waals surface area (Å²) in [5.74, 6) is 1.21. The maximum Gasteiger partial charge on any atom is 0.134 e. The van der Waals surface area contributed by atoms with Crippen LogP contribution in [-0.4, -0.2) is 10.2 Å². The summed E-state index contributed by atoms with van der Waals surface area (Å²) in [7, 11) is 0. The molecule has 1 heterocycles. The molecule has 0 saturated heterocycles. The van der Waals surface area contributed by atoms with Crippen molar-refractivity contribution in [1.82, 2.24) is 0 Å². The third-order valence-corrected chi connectivity index (χ3v) is 3.81. The van der Waals surface area contributed by atoms with E-state index in [0.717, 1.165) is 27.8 Å². The summed E-state index contributed by atoms with van der Waals surface area (Å²) in [6.45, 7) is 6.00. The van der Waals surface area contributed by atoms with E-state index in [1.165, 1.54) is 0 Å². The van der Waals surface area contributed by atoms with Crippen LogP contribution < -0.4 is 4.74 Å². The second-order valence-corrected chi connectivity index (χ2v) is 4.96. The Morgan fingerprint density at radius 1 is 1.15 bits per heavy atom. The lowest BCUT2D eigenvalue weighted by atomic mass is 9.91. The van der Waals surface area contributed by atoms with Gasteiger partial charge in [0, 0.05) is 16.7 Å². The lowest BCUT2D eigenvalue weighted by Gasteiger charge is -2.25. The number of hydrogen-bond donors (Lipinski definition) is 2. The van der Waals surface area contributed by atoms with Gasteiger partial charge in [0.05, 0.1) is 0 Å². The summed E-state index contributed by atoms with van der Waals surface area (Å²) < 4.78 is 5.83. The number of phenolic OH excluding ortho intramolecular Hbond substituents is 2. The Morgan fingerprint density at radius 2 is 1.85 bits per heavy atom. The fourth-order valence-corrected chi connectivity index (χ4v) is 2.66. The molecule has 20 heavy (non-hydrogen) atoms. The molecule has 0 aromatic heterocycles. The molecule has 0 radical (unpaired) electrons. The zero-order chi connectivity index (χ0) is 14.3. The van der Waals surface area contributed by atoms with Gasteiger partial charge in [0.1, 0.15) is 23.9 Å². The maximum atomic E-state index is 9.98. The van der Waals surface area contributed by atoms with Crippen molar-refractivity contribution in [1.29, 1.82) is 0 Å². The van der Waals surface area contributed by atoms with Gasteiger partial charge in [-0.05, 0) is 42.7 Å². The van der Waals surface area contributed by atoms with Crippen molar-refractivity contribution in [3.05, 3.63) is 53.6 Å². The van der Waals surface area contributed by atoms with E-state index in [1.54, 1.807) is 18.2 Å². The van der Waals surface area contributed by atoms with Crippen molar-refractivity contribution in [3.8, 4) is 28.4 Å². The first-order valence-electron chi connectivity index (χ1n) is 6.53. The topological polar surface area (TPSA) is 49.7 Å². The van der Waals surface area contributed by atoms with Gasteiger partial charge in [-0.25, -0.2) is 0 Å². The average Bonchev–Trinajstić information content (AvgIpc) is 2.45. The molecule has 3 nitrogen and oxygen atoms in total. The zero-order valence-corrected chi connectivity index (χ0v) is 11.3. The van der Waals surface area contributed by atoms with Gasteiger partial charge in [-0.1, -0.05) is 12.1 Å². The van der Waals surface area contributed by atoms with Gasteiger partial charge in [0.15, 0.2) is 0 Å². The summed E-state index contributed by atoms with van der Waals surface area (Å²) >= 11 is 0. The maximum absolute atomic E-state index is 9.98. The highest BCUT2D eigenvalue weighted by atomic mass is 16.5. The van der Waals surface area contributed by atoms with Gasteiger partial charge in [-0.3, -0.25) is 0 Å². The molecule has 0 aliphatic carbocycles. The van der Waals surface area contributed by atoms with Crippen LogP contribution in [-0.2, 0) is 13.0 Å². The second kappa shape index (κ2) is 4.60. The van der Waals surface area contributed by atoms with Gasteiger partial charge in [0.25, 0.3) is 0 Å². The van der Waals surface area contributed by atoms with Crippen LogP contribution in [0.1, 0.15) is 16.7 Å². The minimum atomic E-state index is 0.225.